The highest BCUT2D eigenvalue weighted by Gasteiger charge is 2.34. The van der Waals surface area contributed by atoms with E-state index in [1.54, 1.807) is 0 Å². The van der Waals surface area contributed by atoms with Crippen LogP contribution in [0.1, 0.15) is 32.0 Å². The normalized spacial score (nSPS) is 24.8. The Morgan fingerprint density at radius 1 is 1.47 bits per heavy atom. The lowest BCUT2D eigenvalue weighted by atomic mass is 10.0. The van der Waals surface area contributed by atoms with Gasteiger partial charge in [-0.05, 0) is 33.0 Å². The molecule has 2 unspecified atom stereocenters. The summed E-state index contributed by atoms with van der Waals surface area (Å²) < 4.78 is 8.07. The first-order chi connectivity index (χ1) is 9.31. The van der Waals surface area contributed by atoms with Crippen molar-refractivity contribution in [2.75, 3.05) is 33.3 Å². The monoisotopic (exact) mass is 266 g/mol. The minimum Gasteiger partial charge on any atom is -0.374 e. The lowest BCUT2D eigenvalue weighted by Gasteiger charge is -2.41. The van der Waals surface area contributed by atoms with Crippen molar-refractivity contribution in [3.05, 3.63) is 18.0 Å². The van der Waals surface area contributed by atoms with Crippen LogP contribution in [-0.2, 0) is 11.3 Å². The summed E-state index contributed by atoms with van der Waals surface area (Å²) in [5, 5.41) is 7.66. The Hall–Kier alpha value is -0.910. The molecule has 2 atom stereocenters. The zero-order chi connectivity index (χ0) is 13.7. The Kier molecular flexibility index (Phi) is 5.36. The van der Waals surface area contributed by atoms with Gasteiger partial charge in [0.25, 0.3) is 0 Å². The van der Waals surface area contributed by atoms with Crippen LogP contribution in [0.2, 0.25) is 0 Å². The molecule has 1 aromatic rings. The number of morpholine rings is 1. The molecule has 0 radical (unpaired) electrons. The highest BCUT2D eigenvalue weighted by Crippen LogP contribution is 2.29. The van der Waals surface area contributed by atoms with Crippen LogP contribution in [0.4, 0.5) is 0 Å². The molecule has 0 aromatic carbocycles. The summed E-state index contributed by atoms with van der Waals surface area (Å²) in [5.74, 6) is 0. The van der Waals surface area contributed by atoms with Crippen molar-refractivity contribution in [2.45, 2.75) is 39.0 Å². The van der Waals surface area contributed by atoms with E-state index in [1.165, 1.54) is 12.1 Å². The molecule has 108 valence electrons. The van der Waals surface area contributed by atoms with Crippen LogP contribution in [0.3, 0.4) is 0 Å². The van der Waals surface area contributed by atoms with E-state index in [4.69, 9.17) is 4.74 Å². The molecule has 1 N–H and O–H groups in total. The van der Waals surface area contributed by atoms with Crippen molar-refractivity contribution in [3.63, 3.8) is 0 Å². The second kappa shape index (κ2) is 7.03. The Morgan fingerprint density at radius 3 is 3.00 bits per heavy atom. The Labute approximate surface area is 115 Å². The molecule has 1 aliphatic rings. The van der Waals surface area contributed by atoms with Crippen LogP contribution in [0.15, 0.2) is 12.3 Å². The van der Waals surface area contributed by atoms with Crippen molar-refractivity contribution in [1.82, 2.24) is 20.0 Å². The van der Waals surface area contributed by atoms with Crippen LogP contribution >= 0.6 is 0 Å². The van der Waals surface area contributed by atoms with Gasteiger partial charge in [0.15, 0.2) is 0 Å². The van der Waals surface area contributed by atoms with Gasteiger partial charge in [-0.3, -0.25) is 9.58 Å². The number of ether oxygens (including phenoxy) is 1. The van der Waals surface area contributed by atoms with E-state index in [9.17, 15) is 0 Å². The molecule has 5 nitrogen and oxygen atoms in total. The van der Waals surface area contributed by atoms with Crippen molar-refractivity contribution >= 4 is 0 Å². The van der Waals surface area contributed by atoms with E-state index in [0.717, 1.165) is 32.8 Å². The molecule has 1 aliphatic heterocycles. The fourth-order valence-electron chi connectivity index (χ4n) is 2.93. The maximum absolute atomic E-state index is 5.99. The molecule has 0 saturated carbocycles. The maximum atomic E-state index is 5.99. The van der Waals surface area contributed by atoms with Gasteiger partial charge < -0.3 is 10.1 Å². The van der Waals surface area contributed by atoms with Gasteiger partial charge in [0.05, 0.1) is 24.4 Å². The van der Waals surface area contributed by atoms with Gasteiger partial charge in [0.2, 0.25) is 0 Å². The highest BCUT2D eigenvalue weighted by atomic mass is 16.5. The van der Waals surface area contributed by atoms with Crippen LogP contribution in [0.25, 0.3) is 0 Å². The number of nitrogens with one attached hydrogen (secondary N) is 1. The van der Waals surface area contributed by atoms with Crippen molar-refractivity contribution in [3.8, 4) is 0 Å². The lowest BCUT2D eigenvalue weighted by Crippen LogP contribution is -2.49. The number of hydrogen-bond donors (Lipinski definition) is 1. The Morgan fingerprint density at radius 2 is 2.32 bits per heavy atom. The van der Waals surface area contributed by atoms with Gasteiger partial charge in [-0.15, -0.1) is 0 Å². The predicted octanol–water partition coefficient (Wildman–Crippen LogP) is 1.27. The molecule has 19 heavy (non-hydrogen) atoms. The molecule has 5 heteroatoms. The minimum absolute atomic E-state index is 0.201. The summed E-state index contributed by atoms with van der Waals surface area (Å²) in [6.07, 6.45) is 3.27. The maximum Gasteiger partial charge on any atom is 0.0911 e. The van der Waals surface area contributed by atoms with E-state index < -0.39 is 0 Å². The smallest absolute Gasteiger partial charge is 0.0911 e. The first-order valence-corrected chi connectivity index (χ1v) is 7.33. The quantitative estimate of drug-likeness (QED) is 0.842. The standard InChI is InChI=1S/C14H26N4O/c1-4-8-17-9-10-19-13(11-15-3)14(17)12-6-7-16-18(12)5-2/h6-7,13-15H,4-5,8-11H2,1-3H3. The zero-order valence-electron chi connectivity index (χ0n) is 12.3. The third kappa shape index (κ3) is 3.16. The molecule has 0 spiro atoms. The van der Waals surface area contributed by atoms with Crippen LogP contribution < -0.4 is 5.32 Å². The van der Waals surface area contributed by atoms with Gasteiger partial charge in [-0.2, -0.15) is 5.10 Å². The SMILES string of the molecule is CCCN1CCOC(CNC)C1c1ccnn1CC. The number of likely N-dealkylation sites (N-methyl/N-ethyl adjacent to an activating group) is 1. The van der Waals surface area contributed by atoms with E-state index in [2.05, 4.69) is 39.9 Å². The number of aromatic nitrogens is 2. The molecule has 2 heterocycles. The van der Waals surface area contributed by atoms with E-state index >= 15 is 0 Å². The molecular formula is C14H26N4O. The number of nitrogens with zero attached hydrogens (tertiary/aromatic N) is 3. The number of aryl methyl sites for hydroxylation is 1. The Balaban J connectivity index is 2.26. The van der Waals surface area contributed by atoms with E-state index in [1.807, 2.05) is 13.2 Å². The fraction of sp³-hybridized carbons (Fsp3) is 0.786. The largest absolute Gasteiger partial charge is 0.374 e. The first kappa shape index (κ1) is 14.5. The summed E-state index contributed by atoms with van der Waals surface area (Å²) in [6, 6.07) is 2.44. The second-order valence-corrected chi connectivity index (χ2v) is 5.02. The zero-order valence-corrected chi connectivity index (χ0v) is 12.3. The third-order valence-corrected chi connectivity index (χ3v) is 3.72. The average Bonchev–Trinajstić information content (AvgIpc) is 2.88. The summed E-state index contributed by atoms with van der Waals surface area (Å²) in [6.45, 7) is 9.10. The molecule has 0 aliphatic carbocycles. The second-order valence-electron chi connectivity index (χ2n) is 5.02. The van der Waals surface area contributed by atoms with Crippen molar-refractivity contribution in [2.24, 2.45) is 0 Å². The van der Waals surface area contributed by atoms with Gasteiger partial charge in [-0.25, -0.2) is 0 Å². The van der Waals surface area contributed by atoms with Crippen molar-refractivity contribution < 1.29 is 4.74 Å². The molecule has 1 saturated heterocycles. The summed E-state index contributed by atoms with van der Waals surface area (Å²) >= 11 is 0. The number of hydrogen-bond acceptors (Lipinski definition) is 4. The molecular weight excluding hydrogens is 240 g/mol. The molecule has 0 bridgehead atoms. The topological polar surface area (TPSA) is 42.3 Å². The van der Waals surface area contributed by atoms with E-state index in [-0.39, 0.29) is 6.10 Å². The van der Waals surface area contributed by atoms with Crippen LogP contribution in [0, 0.1) is 0 Å². The third-order valence-electron chi connectivity index (χ3n) is 3.72. The first-order valence-electron chi connectivity index (χ1n) is 7.33. The summed E-state index contributed by atoms with van der Waals surface area (Å²) in [7, 11) is 1.98. The van der Waals surface area contributed by atoms with E-state index in [0.29, 0.717) is 6.04 Å². The summed E-state index contributed by atoms with van der Waals surface area (Å²) in [5.41, 5.74) is 1.27. The lowest BCUT2D eigenvalue weighted by molar-refractivity contribution is -0.0730. The van der Waals surface area contributed by atoms with Gasteiger partial charge in [0.1, 0.15) is 0 Å². The predicted molar refractivity (Wildman–Crippen MR) is 76.2 cm³/mol. The van der Waals surface area contributed by atoms with Gasteiger partial charge in [-0.1, -0.05) is 6.92 Å². The number of rotatable bonds is 6. The minimum atomic E-state index is 0.201. The molecule has 1 aromatic heterocycles. The molecule has 1 fully saturated rings. The fourth-order valence-corrected chi connectivity index (χ4v) is 2.93. The van der Waals surface area contributed by atoms with Gasteiger partial charge in [0, 0.05) is 25.8 Å². The van der Waals surface area contributed by atoms with Gasteiger partial charge >= 0.3 is 0 Å². The molecule has 2 rings (SSSR count). The summed E-state index contributed by atoms with van der Waals surface area (Å²) in [4.78, 5) is 2.54. The average molecular weight is 266 g/mol. The molecule has 0 amide bonds. The van der Waals surface area contributed by atoms with Crippen LogP contribution in [0.5, 0.6) is 0 Å². The highest BCUT2D eigenvalue weighted by molar-refractivity contribution is 5.11. The van der Waals surface area contributed by atoms with Crippen LogP contribution in [-0.4, -0.2) is 54.1 Å². The Bertz CT molecular complexity index is 361. The van der Waals surface area contributed by atoms with Crippen molar-refractivity contribution in [1.29, 1.82) is 0 Å².